The number of amides is 7. The smallest absolute Gasteiger partial charge is 0.325 e. The Hall–Kier alpha value is -4.13. The standard InChI is InChI=1S/C26H35N5O8/c1-4-21(33)29-20(24(36)30-26(38)28-19-7-5-18(6-8-19)14-17(3)32)15-22(34)27-9-11-39-12-10-31-23(35)13-16(2)25(31)37/h5-8,16,20H,4,9-15H2,1-3H3,(H,27,34)(H,29,33)(H2,28,30,36,38). The number of hydrogen-bond acceptors (Lipinski definition) is 8. The molecule has 0 aromatic heterocycles. The van der Waals surface area contributed by atoms with E-state index in [-0.39, 0.29) is 69.1 Å². The lowest BCUT2D eigenvalue weighted by Crippen LogP contribution is -2.51. The average Bonchev–Trinajstić information content (AvgIpc) is 3.11. The van der Waals surface area contributed by atoms with E-state index < -0.39 is 36.2 Å². The number of Topliss-reactive ketones (excluding diaryl/α,β-unsaturated/α-hetero) is 1. The first-order chi connectivity index (χ1) is 18.5. The number of anilines is 1. The molecule has 0 spiro atoms. The Kier molecular flexibility index (Phi) is 12.2. The molecule has 0 saturated carbocycles. The van der Waals surface area contributed by atoms with Crippen molar-refractivity contribution in [2.45, 2.75) is 52.5 Å². The van der Waals surface area contributed by atoms with E-state index in [9.17, 15) is 33.6 Å². The maximum Gasteiger partial charge on any atom is 0.325 e. The van der Waals surface area contributed by atoms with Gasteiger partial charge in [-0.05, 0) is 24.6 Å². The Morgan fingerprint density at radius 2 is 1.74 bits per heavy atom. The van der Waals surface area contributed by atoms with Crippen LogP contribution < -0.4 is 21.3 Å². The van der Waals surface area contributed by atoms with Gasteiger partial charge >= 0.3 is 6.03 Å². The first kappa shape index (κ1) is 31.1. The number of ketones is 1. The van der Waals surface area contributed by atoms with Crippen molar-refractivity contribution in [3.8, 4) is 0 Å². The van der Waals surface area contributed by atoms with Gasteiger partial charge in [0.05, 0.1) is 26.2 Å². The van der Waals surface area contributed by atoms with Crippen molar-refractivity contribution in [3.63, 3.8) is 0 Å². The van der Waals surface area contributed by atoms with Gasteiger partial charge in [0.1, 0.15) is 11.8 Å². The summed E-state index contributed by atoms with van der Waals surface area (Å²) in [4.78, 5) is 85.2. The highest BCUT2D eigenvalue weighted by atomic mass is 16.5. The molecule has 2 unspecified atom stereocenters. The van der Waals surface area contributed by atoms with Crippen LogP contribution >= 0.6 is 0 Å². The summed E-state index contributed by atoms with van der Waals surface area (Å²) in [5.41, 5.74) is 1.15. The number of rotatable bonds is 14. The van der Waals surface area contributed by atoms with Crippen LogP contribution in [-0.2, 0) is 39.9 Å². The van der Waals surface area contributed by atoms with Crippen LogP contribution in [-0.4, -0.2) is 78.6 Å². The summed E-state index contributed by atoms with van der Waals surface area (Å²) in [6.45, 7) is 5.18. The molecule has 0 aliphatic carbocycles. The topological polar surface area (TPSA) is 180 Å². The minimum atomic E-state index is -1.30. The summed E-state index contributed by atoms with van der Waals surface area (Å²) < 4.78 is 5.37. The van der Waals surface area contributed by atoms with Gasteiger partial charge in [-0.15, -0.1) is 0 Å². The Balaban J connectivity index is 1.78. The van der Waals surface area contributed by atoms with Gasteiger partial charge in [-0.1, -0.05) is 26.0 Å². The second-order valence-electron chi connectivity index (χ2n) is 9.15. The molecular formula is C26H35N5O8. The molecule has 1 aliphatic rings. The molecule has 39 heavy (non-hydrogen) atoms. The number of hydrogen-bond donors (Lipinski definition) is 4. The van der Waals surface area contributed by atoms with Crippen molar-refractivity contribution in [1.29, 1.82) is 0 Å². The third kappa shape index (κ3) is 10.6. The zero-order valence-electron chi connectivity index (χ0n) is 22.3. The SMILES string of the molecule is CCC(=O)NC(CC(=O)NCCOCCN1C(=O)CC(C)C1=O)C(=O)NC(=O)Nc1ccc(CC(C)=O)cc1. The number of ether oxygens (including phenoxy) is 1. The van der Waals surface area contributed by atoms with Gasteiger partial charge in [-0.2, -0.15) is 0 Å². The molecule has 1 aliphatic heterocycles. The van der Waals surface area contributed by atoms with Gasteiger partial charge in [-0.25, -0.2) is 4.79 Å². The van der Waals surface area contributed by atoms with Crippen LogP contribution in [0.4, 0.5) is 10.5 Å². The maximum atomic E-state index is 12.6. The number of likely N-dealkylation sites (tertiary alicyclic amines) is 1. The van der Waals surface area contributed by atoms with Crippen LogP contribution in [0.1, 0.15) is 45.6 Å². The minimum absolute atomic E-state index is 0.00151. The van der Waals surface area contributed by atoms with E-state index in [0.717, 1.165) is 10.5 Å². The van der Waals surface area contributed by atoms with Crippen LogP contribution in [0.5, 0.6) is 0 Å². The summed E-state index contributed by atoms with van der Waals surface area (Å²) in [7, 11) is 0. The van der Waals surface area contributed by atoms with Gasteiger partial charge < -0.3 is 20.7 Å². The summed E-state index contributed by atoms with van der Waals surface area (Å²) in [5, 5.41) is 9.57. The lowest BCUT2D eigenvalue weighted by atomic mass is 10.1. The summed E-state index contributed by atoms with van der Waals surface area (Å²) in [6.07, 6.45) is 0.102. The molecule has 1 heterocycles. The van der Waals surface area contributed by atoms with Crippen molar-refractivity contribution < 1.29 is 38.3 Å². The molecule has 7 amide bonds. The van der Waals surface area contributed by atoms with Crippen LogP contribution in [0.25, 0.3) is 0 Å². The number of imide groups is 2. The Labute approximate surface area is 226 Å². The van der Waals surface area contributed by atoms with Gasteiger partial charge in [0, 0.05) is 37.4 Å². The molecular weight excluding hydrogens is 510 g/mol. The molecule has 1 fully saturated rings. The fraction of sp³-hybridized carbons (Fsp3) is 0.500. The van der Waals surface area contributed by atoms with Gasteiger partial charge in [0.2, 0.25) is 23.6 Å². The van der Waals surface area contributed by atoms with Crippen LogP contribution in [0, 0.1) is 5.92 Å². The predicted octanol–water partition coefficient (Wildman–Crippen LogP) is 0.279. The first-order valence-corrected chi connectivity index (χ1v) is 12.7. The zero-order valence-corrected chi connectivity index (χ0v) is 22.3. The third-order valence-corrected chi connectivity index (χ3v) is 5.76. The molecule has 13 nitrogen and oxygen atoms in total. The van der Waals surface area contributed by atoms with Crippen molar-refractivity contribution in [2.75, 3.05) is 31.6 Å². The number of carbonyl (C=O) groups is 7. The van der Waals surface area contributed by atoms with E-state index in [2.05, 4.69) is 21.3 Å². The van der Waals surface area contributed by atoms with Gasteiger partial charge in [-0.3, -0.25) is 39.0 Å². The highest BCUT2D eigenvalue weighted by molar-refractivity contribution is 6.05. The summed E-state index contributed by atoms with van der Waals surface area (Å²) >= 11 is 0. The van der Waals surface area contributed by atoms with Crippen molar-refractivity contribution >= 4 is 47.0 Å². The van der Waals surface area contributed by atoms with E-state index >= 15 is 0 Å². The Bertz CT molecular complexity index is 1090. The molecule has 4 N–H and O–H groups in total. The first-order valence-electron chi connectivity index (χ1n) is 12.7. The summed E-state index contributed by atoms with van der Waals surface area (Å²) in [6, 6.07) is 4.35. The normalized spacial score (nSPS) is 15.5. The van der Waals surface area contributed by atoms with E-state index in [1.807, 2.05) is 0 Å². The monoisotopic (exact) mass is 545 g/mol. The molecule has 13 heteroatoms. The van der Waals surface area contributed by atoms with Crippen LogP contribution in [0.15, 0.2) is 24.3 Å². The van der Waals surface area contributed by atoms with Crippen molar-refractivity contribution in [2.24, 2.45) is 5.92 Å². The summed E-state index contributed by atoms with van der Waals surface area (Å²) in [5.74, 6) is -2.71. The molecule has 2 rings (SSSR count). The fourth-order valence-corrected chi connectivity index (χ4v) is 3.72. The van der Waals surface area contributed by atoms with Crippen LogP contribution in [0.3, 0.4) is 0 Å². The lowest BCUT2D eigenvalue weighted by Gasteiger charge is -2.18. The highest BCUT2D eigenvalue weighted by Crippen LogP contribution is 2.18. The molecule has 0 radical (unpaired) electrons. The molecule has 1 aromatic rings. The molecule has 1 aromatic carbocycles. The number of benzene rings is 1. The van der Waals surface area contributed by atoms with Crippen molar-refractivity contribution in [1.82, 2.24) is 20.9 Å². The Morgan fingerprint density at radius 1 is 1.05 bits per heavy atom. The van der Waals surface area contributed by atoms with E-state index in [4.69, 9.17) is 4.74 Å². The molecule has 212 valence electrons. The van der Waals surface area contributed by atoms with Gasteiger partial charge in [0.25, 0.3) is 5.91 Å². The Morgan fingerprint density at radius 3 is 2.33 bits per heavy atom. The van der Waals surface area contributed by atoms with Crippen molar-refractivity contribution in [3.05, 3.63) is 29.8 Å². The number of nitrogens with one attached hydrogen (secondary N) is 4. The third-order valence-electron chi connectivity index (χ3n) is 5.76. The van der Waals surface area contributed by atoms with E-state index in [0.29, 0.717) is 5.69 Å². The van der Waals surface area contributed by atoms with E-state index in [1.54, 1.807) is 38.1 Å². The quantitative estimate of drug-likeness (QED) is 0.190. The number of carbonyl (C=O) groups excluding carboxylic acids is 7. The highest BCUT2D eigenvalue weighted by Gasteiger charge is 2.35. The number of urea groups is 1. The largest absolute Gasteiger partial charge is 0.378 e. The predicted molar refractivity (Wildman–Crippen MR) is 139 cm³/mol. The minimum Gasteiger partial charge on any atom is -0.378 e. The molecule has 2 atom stereocenters. The van der Waals surface area contributed by atoms with Crippen LogP contribution in [0.2, 0.25) is 0 Å². The lowest BCUT2D eigenvalue weighted by molar-refractivity contribution is -0.140. The maximum absolute atomic E-state index is 12.6. The second-order valence-corrected chi connectivity index (χ2v) is 9.15. The fourth-order valence-electron chi connectivity index (χ4n) is 3.72. The number of nitrogens with zero attached hydrogens (tertiary/aromatic N) is 1. The zero-order chi connectivity index (χ0) is 28.9. The molecule has 0 bridgehead atoms. The van der Waals surface area contributed by atoms with E-state index in [1.165, 1.54) is 6.92 Å². The average molecular weight is 546 g/mol. The second kappa shape index (κ2) is 15.3. The van der Waals surface area contributed by atoms with Gasteiger partial charge in [0.15, 0.2) is 0 Å². The molecule has 1 saturated heterocycles.